The van der Waals surface area contributed by atoms with Crippen LogP contribution in [0.5, 0.6) is 0 Å². The summed E-state index contributed by atoms with van der Waals surface area (Å²) in [7, 11) is 0. The third-order valence-corrected chi connectivity index (χ3v) is 5.04. The Morgan fingerprint density at radius 2 is 2.22 bits per heavy atom. The Morgan fingerprint density at radius 3 is 3.04 bits per heavy atom. The number of likely N-dealkylation sites (tertiary alicyclic amines) is 1. The highest BCUT2D eigenvalue weighted by Crippen LogP contribution is 2.33. The molecule has 1 saturated heterocycles. The lowest BCUT2D eigenvalue weighted by atomic mass is 10.0. The van der Waals surface area contributed by atoms with Crippen LogP contribution in [0.2, 0.25) is 0 Å². The maximum atomic E-state index is 5.97. The molecule has 1 fully saturated rings. The van der Waals surface area contributed by atoms with E-state index >= 15 is 0 Å². The van der Waals surface area contributed by atoms with Crippen molar-refractivity contribution in [2.75, 3.05) is 6.54 Å². The van der Waals surface area contributed by atoms with Gasteiger partial charge in [-0.2, -0.15) is 0 Å². The van der Waals surface area contributed by atoms with Crippen molar-refractivity contribution in [3.63, 3.8) is 0 Å². The molecule has 0 amide bonds. The predicted octanol–water partition coefficient (Wildman–Crippen LogP) is 3.92. The van der Waals surface area contributed by atoms with Crippen LogP contribution < -0.4 is 0 Å². The van der Waals surface area contributed by atoms with Crippen molar-refractivity contribution in [1.29, 1.82) is 0 Å². The topological polar surface area (TPSA) is 55.1 Å². The van der Waals surface area contributed by atoms with Gasteiger partial charge in [0.25, 0.3) is 5.89 Å². The largest absolute Gasteiger partial charge is 0.418 e. The zero-order valence-corrected chi connectivity index (χ0v) is 13.6. The van der Waals surface area contributed by atoms with E-state index in [9.17, 15) is 0 Å². The highest BCUT2D eigenvalue weighted by atomic mass is 32.1. The fourth-order valence-corrected chi connectivity index (χ4v) is 3.70. The van der Waals surface area contributed by atoms with E-state index in [-0.39, 0.29) is 6.04 Å². The Bertz CT molecular complexity index is 741. The quantitative estimate of drug-likeness (QED) is 0.727. The molecule has 0 radical (unpaired) electrons. The number of piperidine rings is 1. The Labute approximate surface area is 139 Å². The fraction of sp³-hybridized carbons (Fsp3) is 0.353. The molecule has 0 aromatic carbocycles. The molecule has 0 aliphatic carbocycles. The first-order valence-corrected chi connectivity index (χ1v) is 8.78. The summed E-state index contributed by atoms with van der Waals surface area (Å²) < 4.78 is 5.97. The zero-order valence-electron chi connectivity index (χ0n) is 12.8. The minimum absolute atomic E-state index is 0.199. The minimum atomic E-state index is 0.199. The first-order valence-electron chi connectivity index (χ1n) is 7.90. The van der Waals surface area contributed by atoms with Gasteiger partial charge in [0.2, 0.25) is 5.89 Å². The second-order valence-corrected chi connectivity index (χ2v) is 6.71. The molecule has 4 rings (SSSR count). The lowest BCUT2D eigenvalue weighted by Gasteiger charge is -2.33. The van der Waals surface area contributed by atoms with Gasteiger partial charge in [0.1, 0.15) is 0 Å². The van der Waals surface area contributed by atoms with Gasteiger partial charge in [-0.25, -0.2) is 0 Å². The van der Waals surface area contributed by atoms with Crippen molar-refractivity contribution in [2.45, 2.75) is 31.8 Å². The van der Waals surface area contributed by atoms with Crippen LogP contribution in [-0.2, 0) is 6.54 Å². The molecular weight excluding hydrogens is 308 g/mol. The summed E-state index contributed by atoms with van der Waals surface area (Å²) in [6.07, 6.45) is 7.21. The number of hydrogen-bond acceptors (Lipinski definition) is 6. The molecule has 3 aromatic heterocycles. The van der Waals surface area contributed by atoms with E-state index in [1.807, 2.05) is 36.0 Å². The molecule has 4 heterocycles. The smallest absolute Gasteiger partial charge is 0.257 e. The molecule has 6 heteroatoms. The molecule has 1 atom stereocenters. The molecule has 0 N–H and O–H groups in total. The van der Waals surface area contributed by atoms with E-state index in [4.69, 9.17) is 4.42 Å². The van der Waals surface area contributed by atoms with Gasteiger partial charge in [-0.15, -0.1) is 21.5 Å². The van der Waals surface area contributed by atoms with E-state index in [1.54, 1.807) is 11.3 Å². The van der Waals surface area contributed by atoms with Crippen molar-refractivity contribution in [2.24, 2.45) is 0 Å². The normalized spacial score (nSPS) is 19.0. The standard InChI is InChI=1S/C17H18N4OS/c1-2-9-21(12-13-5-3-8-18-11-13)14(6-1)16-19-20-17(22-16)15-7-4-10-23-15/h3-5,7-8,10-11,14H,1-2,6,9,12H2. The van der Waals surface area contributed by atoms with E-state index < -0.39 is 0 Å². The first kappa shape index (κ1) is 14.5. The third kappa shape index (κ3) is 3.18. The molecule has 1 unspecified atom stereocenters. The summed E-state index contributed by atoms with van der Waals surface area (Å²) in [4.78, 5) is 7.66. The van der Waals surface area contributed by atoms with Gasteiger partial charge in [0.05, 0.1) is 10.9 Å². The zero-order chi connectivity index (χ0) is 15.5. The lowest BCUT2D eigenvalue weighted by molar-refractivity contribution is 0.118. The van der Waals surface area contributed by atoms with Gasteiger partial charge < -0.3 is 4.42 Å². The molecule has 0 saturated carbocycles. The van der Waals surface area contributed by atoms with Crippen LogP contribution in [0.1, 0.15) is 36.8 Å². The highest BCUT2D eigenvalue weighted by Gasteiger charge is 2.28. The summed E-state index contributed by atoms with van der Waals surface area (Å²) in [6, 6.07) is 8.31. The fourth-order valence-electron chi connectivity index (χ4n) is 3.06. The number of aromatic nitrogens is 3. The Balaban J connectivity index is 1.55. The number of pyridine rings is 1. The third-order valence-electron chi connectivity index (χ3n) is 4.18. The maximum Gasteiger partial charge on any atom is 0.257 e. The SMILES string of the molecule is c1cncc(CN2CCCCC2c2nnc(-c3cccs3)o2)c1. The van der Waals surface area contributed by atoms with E-state index in [0.29, 0.717) is 5.89 Å². The molecule has 118 valence electrons. The highest BCUT2D eigenvalue weighted by molar-refractivity contribution is 7.13. The maximum absolute atomic E-state index is 5.97. The monoisotopic (exact) mass is 326 g/mol. The lowest BCUT2D eigenvalue weighted by Crippen LogP contribution is -2.33. The molecular formula is C17H18N4OS. The molecule has 0 bridgehead atoms. The van der Waals surface area contributed by atoms with Crippen LogP contribution in [-0.4, -0.2) is 26.6 Å². The van der Waals surface area contributed by atoms with Crippen molar-refractivity contribution in [3.05, 3.63) is 53.5 Å². The molecule has 3 aromatic rings. The Hall–Kier alpha value is -2.05. The molecule has 0 spiro atoms. The van der Waals surface area contributed by atoms with Gasteiger partial charge in [-0.1, -0.05) is 18.6 Å². The summed E-state index contributed by atoms with van der Waals surface area (Å²) in [6.45, 7) is 1.92. The average molecular weight is 326 g/mol. The number of thiophene rings is 1. The van der Waals surface area contributed by atoms with E-state index in [0.717, 1.165) is 30.3 Å². The molecule has 23 heavy (non-hydrogen) atoms. The Morgan fingerprint density at radius 1 is 1.22 bits per heavy atom. The summed E-state index contributed by atoms with van der Waals surface area (Å²) in [5, 5.41) is 10.6. The van der Waals surface area contributed by atoms with Crippen LogP contribution in [0.25, 0.3) is 10.8 Å². The minimum Gasteiger partial charge on any atom is -0.418 e. The van der Waals surface area contributed by atoms with E-state index in [1.165, 1.54) is 18.4 Å². The molecule has 1 aliphatic rings. The number of rotatable bonds is 4. The van der Waals surface area contributed by atoms with Crippen molar-refractivity contribution in [3.8, 4) is 10.8 Å². The second kappa shape index (κ2) is 6.60. The summed E-state index contributed by atoms with van der Waals surface area (Å²) in [5.41, 5.74) is 1.22. The van der Waals surface area contributed by atoms with Gasteiger partial charge >= 0.3 is 0 Å². The number of hydrogen-bond donors (Lipinski definition) is 0. The van der Waals surface area contributed by atoms with Crippen LogP contribution in [0.15, 0.2) is 46.5 Å². The first-order chi connectivity index (χ1) is 11.4. The van der Waals surface area contributed by atoms with Gasteiger partial charge in [-0.05, 0) is 42.5 Å². The van der Waals surface area contributed by atoms with Crippen LogP contribution >= 0.6 is 11.3 Å². The summed E-state index contributed by atoms with van der Waals surface area (Å²) in [5.74, 6) is 1.36. The van der Waals surface area contributed by atoms with Crippen LogP contribution in [0.3, 0.4) is 0 Å². The summed E-state index contributed by atoms with van der Waals surface area (Å²) >= 11 is 1.62. The van der Waals surface area contributed by atoms with Crippen LogP contribution in [0.4, 0.5) is 0 Å². The van der Waals surface area contributed by atoms with Gasteiger partial charge in [-0.3, -0.25) is 9.88 Å². The predicted molar refractivity (Wildman–Crippen MR) is 88.9 cm³/mol. The molecule has 5 nitrogen and oxygen atoms in total. The van der Waals surface area contributed by atoms with Gasteiger partial charge in [0, 0.05) is 18.9 Å². The van der Waals surface area contributed by atoms with Crippen molar-refractivity contribution >= 4 is 11.3 Å². The van der Waals surface area contributed by atoms with Gasteiger partial charge in [0.15, 0.2) is 0 Å². The van der Waals surface area contributed by atoms with E-state index in [2.05, 4.69) is 26.1 Å². The van der Waals surface area contributed by atoms with Crippen LogP contribution in [0, 0.1) is 0 Å². The molecule has 1 aliphatic heterocycles. The van der Waals surface area contributed by atoms with Crippen molar-refractivity contribution < 1.29 is 4.42 Å². The second-order valence-electron chi connectivity index (χ2n) is 5.77. The number of nitrogens with zero attached hydrogens (tertiary/aromatic N) is 4. The average Bonchev–Trinajstić information content (AvgIpc) is 3.28. The van der Waals surface area contributed by atoms with Crippen molar-refractivity contribution in [1.82, 2.24) is 20.1 Å². The Kier molecular flexibility index (Phi) is 4.17.